The van der Waals surface area contributed by atoms with E-state index in [4.69, 9.17) is 5.73 Å². The Balaban J connectivity index is 2.31. The van der Waals surface area contributed by atoms with Gasteiger partial charge in [-0.1, -0.05) is 26.2 Å². The Hall–Kier alpha value is -1.65. The maximum atomic E-state index is 13.8. The van der Waals surface area contributed by atoms with E-state index in [1.165, 1.54) is 6.07 Å². The van der Waals surface area contributed by atoms with Gasteiger partial charge in [0.1, 0.15) is 5.52 Å². The Morgan fingerprint density at radius 3 is 2.72 bits per heavy atom. The molecule has 0 fully saturated rings. The number of nitrogens with zero attached hydrogens (tertiary/aromatic N) is 2. The van der Waals surface area contributed by atoms with Gasteiger partial charge in [-0.2, -0.15) is 0 Å². The molecule has 0 aliphatic carbocycles. The van der Waals surface area contributed by atoms with Crippen molar-refractivity contribution >= 4 is 17.0 Å². The minimum Gasteiger partial charge on any atom is -0.369 e. The molecule has 5 heteroatoms. The lowest BCUT2D eigenvalue weighted by atomic mass is 10.2. The molecule has 2 rings (SSSR count). The second-order valence-electron chi connectivity index (χ2n) is 4.41. The van der Waals surface area contributed by atoms with Crippen molar-refractivity contribution in [2.45, 2.75) is 39.2 Å². The maximum Gasteiger partial charge on any atom is 0.201 e. The molecule has 0 bridgehead atoms. The normalized spacial score (nSPS) is 11.3. The van der Waals surface area contributed by atoms with E-state index in [1.807, 2.05) is 0 Å². The van der Waals surface area contributed by atoms with E-state index in [9.17, 15) is 8.78 Å². The summed E-state index contributed by atoms with van der Waals surface area (Å²) in [7, 11) is 0. The van der Waals surface area contributed by atoms with Gasteiger partial charge in [-0.3, -0.25) is 0 Å². The number of benzene rings is 1. The molecule has 0 amide bonds. The van der Waals surface area contributed by atoms with Gasteiger partial charge in [0.2, 0.25) is 5.95 Å². The highest BCUT2D eigenvalue weighted by atomic mass is 19.2. The first kappa shape index (κ1) is 12.8. The number of aromatic nitrogens is 2. The zero-order chi connectivity index (χ0) is 13.1. The van der Waals surface area contributed by atoms with Crippen LogP contribution >= 0.6 is 0 Å². The number of halogens is 2. The molecule has 0 spiro atoms. The van der Waals surface area contributed by atoms with Crippen molar-refractivity contribution < 1.29 is 8.78 Å². The van der Waals surface area contributed by atoms with Gasteiger partial charge in [-0.25, -0.2) is 13.8 Å². The van der Waals surface area contributed by atoms with Crippen LogP contribution in [0.4, 0.5) is 14.7 Å². The van der Waals surface area contributed by atoms with Crippen LogP contribution < -0.4 is 5.73 Å². The Labute approximate surface area is 105 Å². The molecule has 1 heterocycles. The highest BCUT2D eigenvalue weighted by molar-refractivity contribution is 5.79. The van der Waals surface area contributed by atoms with Gasteiger partial charge < -0.3 is 10.3 Å². The first-order chi connectivity index (χ1) is 8.65. The minimum atomic E-state index is -0.868. The number of anilines is 1. The van der Waals surface area contributed by atoms with Crippen LogP contribution in [-0.4, -0.2) is 9.55 Å². The molecule has 0 aliphatic rings. The summed E-state index contributed by atoms with van der Waals surface area (Å²) in [6.07, 6.45) is 4.19. The predicted molar refractivity (Wildman–Crippen MR) is 68.2 cm³/mol. The first-order valence-electron chi connectivity index (χ1n) is 6.25. The van der Waals surface area contributed by atoms with Crippen LogP contribution in [0, 0.1) is 11.6 Å². The molecule has 2 N–H and O–H groups in total. The zero-order valence-corrected chi connectivity index (χ0v) is 10.4. The number of unbranched alkanes of at least 4 members (excludes halogenated alkanes) is 3. The molecular weight excluding hydrogens is 236 g/mol. The third-order valence-electron chi connectivity index (χ3n) is 3.06. The summed E-state index contributed by atoms with van der Waals surface area (Å²) in [4.78, 5) is 4.05. The predicted octanol–water partition coefficient (Wildman–Crippen LogP) is 3.48. The van der Waals surface area contributed by atoms with Crippen LogP contribution in [0.25, 0.3) is 11.0 Å². The molecule has 2 aromatic rings. The molecular formula is C13H17F2N3. The fraction of sp³-hybridized carbons (Fsp3) is 0.462. The van der Waals surface area contributed by atoms with Gasteiger partial charge in [0.05, 0.1) is 5.52 Å². The number of hydrogen-bond acceptors (Lipinski definition) is 2. The summed E-state index contributed by atoms with van der Waals surface area (Å²) >= 11 is 0. The lowest BCUT2D eigenvalue weighted by Crippen LogP contribution is -2.05. The van der Waals surface area contributed by atoms with E-state index in [2.05, 4.69) is 11.9 Å². The van der Waals surface area contributed by atoms with Crippen LogP contribution in [-0.2, 0) is 6.54 Å². The van der Waals surface area contributed by atoms with Crippen molar-refractivity contribution in [3.05, 3.63) is 23.8 Å². The molecule has 0 saturated carbocycles. The van der Waals surface area contributed by atoms with Crippen molar-refractivity contribution in [1.29, 1.82) is 0 Å². The SMILES string of the molecule is CCCCCCn1c(N)nc2ccc(F)c(F)c21. The van der Waals surface area contributed by atoms with E-state index < -0.39 is 11.6 Å². The molecule has 0 saturated heterocycles. The van der Waals surface area contributed by atoms with E-state index in [0.717, 1.165) is 31.7 Å². The van der Waals surface area contributed by atoms with Gasteiger partial charge >= 0.3 is 0 Å². The number of hydrogen-bond donors (Lipinski definition) is 1. The molecule has 98 valence electrons. The molecule has 18 heavy (non-hydrogen) atoms. The quantitative estimate of drug-likeness (QED) is 0.829. The van der Waals surface area contributed by atoms with Crippen LogP contribution in [0.2, 0.25) is 0 Å². The number of fused-ring (bicyclic) bond motifs is 1. The second kappa shape index (κ2) is 5.33. The Morgan fingerprint density at radius 1 is 1.22 bits per heavy atom. The van der Waals surface area contributed by atoms with Crippen molar-refractivity contribution in [2.75, 3.05) is 5.73 Å². The van der Waals surface area contributed by atoms with Gasteiger partial charge in [0.25, 0.3) is 0 Å². The average Bonchev–Trinajstić information content (AvgIpc) is 2.67. The van der Waals surface area contributed by atoms with E-state index in [0.29, 0.717) is 12.1 Å². The van der Waals surface area contributed by atoms with Gasteiger partial charge in [-0.15, -0.1) is 0 Å². The number of nitrogens with two attached hydrogens (primary N) is 1. The van der Waals surface area contributed by atoms with Crippen LogP contribution in [0.5, 0.6) is 0 Å². The largest absolute Gasteiger partial charge is 0.369 e. The fourth-order valence-electron chi connectivity index (χ4n) is 2.10. The lowest BCUT2D eigenvalue weighted by molar-refractivity contribution is 0.509. The van der Waals surface area contributed by atoms with Crippen LogP contribution in [0.1, 0.15) is 32.6 Å². The molecule has 1 aromatic carbocycles. The number of rotatable bonds is 5. The lowest BCUT2D eigenvalue weighted by Gasteiger charge is -2.06. The van der Waals surface area contributed by atoms with E-state index in [-0.39, 0.29) is 11.5 Å². The smallest absolute Gasteiger partial charge is 0.201 e. The standard InChI is InChI=1S/C13H17F2N3/c1-2-3-4-5-8-18-12-10(17-13(18)16)7-6-9(14)11(12)15/h6-7H,2-5,8H2,1H3,(H2,16,17). The topological polar surface area (TPSA) is 43.8 Å². The molecule has 0 atom stereocenters. The van der Waals surface area contributed by atoms with E-state index in [1.54, 1.807) is 4.57 Å². The third-order valence-corrected chi connectivity index (χ3v) is 3.06. The first-order valence-corrected chi connectivity index (χ1v) is 6.25. The van der Waals surface area contributed by atoms with Crippen molar-refractivity contribution in [3.63, 3.8) is 0 Å². The molecule has 0 aliphatic heterocycles. The average molecular weight is 253 g/mol. The van der Waals surface area contributed by atoms with Crippen molar-refractivity contribution in [1.82, 2.24) is 9.55 Å². The van der Waals surface area contributed by atoms with Crippen LogP contribution in [0.15, 0.2) is 12.1 Å². The van der Waals surface area contributed by atoms with Crippen molar-refractivity contribution in [3.8, 4) is 0 Å². The maximum absolute atomic E-state index is 13.8. The van der Waals surface area contributed by atoms with Crippen LogP contribution in [0.3, 0.4) is 0 Å². The Kier molecular flexibility index (Phi) is 3.79. The molecule has 1 aromatic heterocycles. The summed E-state index contributed by atoms with van der Waals surface area (Å²) in [5.41, 5.74) is 6.32. The monoisotopic (exact) mass is 253 g/mol. The van der Waals surface area contributed by atoms with E-state index >= 15 is 0 Å². The highest BCUT2D eigenvalue weighted by Crippen LogP contribution is 2.23. The zero-order valence-electron chi connectivity index (χ0n) is 10.4. The van der Waals surface area contributed by atoms with Gasteiger partial charge in [-0.05, 0) is 18.6 Å². The second-order valence-corrected chi connectivity index (χ2v) is 4.41. The number of nitrogen functional groups attached to an aromatic ring is 1. The number of aryl methyl sites for hydroxylation is 1. The third kappa shape index (κ3) is 2.30. The summed E-state index contributed by atoms with van der Waals surface area (Å²) in [6, 6.07) is 2.53. The Bertz CT molecular complexity index is 549. The highest BCUT2D eigenvalue weighted by Gasteiger charge is 2.15. The summed E-state index contributed by atoms with van der Waals surface area (Å²) in [6.45, 7) is 2.69. The molecule has 0 radical (unpaired) electrons. The Morgan fingerprint density at radius 2 is 2.00 bits per heavy atom. The number of imidazole rings is 1. The summed E-state index contributed by atoms with van der Waals surface area (Å²) in [5.74, 6) is -1.49. The summed E-state index contributed by atoms with van der Waals surface area (Å²) < 4.78 is 28.5. The summed E-state index contributed by atoms with van der Waals surface area (Å²) in [5, 5.41) is 0. The molecule has 3 nitrogen and oxygen atoms in total. The van der Waals surface area contributed by atoms with Gasteiger partial charge in [0.15, 0.2) is 11.6 Å². The molecule has 0 unspecified atom stereocenters. The minimum absolute atomic E-state index is 0.170. The fourth-order valence-corrected chi connectivity index (χ4v) is 2.10. The van der Waals surface area contributed by atoms with Crippen molar-refractivity contribution in [2.24, 2.45) is 0 Å². The van der Waals surface area contributed by atoms with Gasteiger partial charge in [0, 0.05) is 6.54 Å².